The number of allylic oxidation sites excluding steroid dienone is 1. The minimum absolute atomic E-state index is 0.236. The number of carbonyl (C=O) groups is 1. The van der Waals surface area contributed by atoms with Crippen LogP contribution in [0.25, 0.3) is 89.9 Å². The molecule has 6 nitrogen and oxygen atoms in total. The van der Waals surface area contributed by atoms with E-state index in [1.54, 1.807) is 0 Å². The first-order chi connectivity index (χ1) is 27.7. The monoisotopic (exact) mass is 726 g/mol. The van der Waals surface area contributed by atoms with Crippen LogP contribution in [0.3, 0.4) is 0 Å². The van der Waals surface area contributed by atoms with Crippen molar-refractivity contribution < 1.29 is 9.53 Å². The molecule has 7 aromatic rings. The molecule has 2 N–H and O–H groups in total. The molecule has 0 unspecified atom stereocenters. The van der Waals surface area contributed by atoms with E-state index in [2.05, 4.69) is 143 Å². The molecule has 1 atom stereocenters. The van der Waals surface area contributed by atoms with Gasteiger partial charge in [0.25, 0.3) is 0 Å². The van der Waals surface area contributed by atoms with Gasteiger partial charge in [-0.15, -0.1) is 0 Å². The van der Waals surface area contributed by atoms with Crippen LogP contribution < -0.4 is 0 Å². The van der Waals surface area contributed by atoms with Gasteiger partial charge >= 0.3 is 5.97 Å². The summed E-state index contributed by atoms with van der Waals surface area (Å²) in [6.45, 7) is 0. The van der Waals surface area contributed by atoms with Crippen LogP contribution >= 0.6 is 0 Å². The van der Waals surface area contributed by atoms with Crippen LogP contribution in [-0.2, 0) is 9.53 Å². The molecule has 0 radical (unpaired) electrons. The second kappa shape index (κ2) is 14.0. The molecule has 2 aliphatic heterocycles. The minimum Gasteiger partial charge on any atom is -0.469 e. The maximum atomic E-state index is 13.8. The lowest BCUT2D eigenvalue weighted by atomic mass is 9.79. The average Bonchev–Trinajstić information content (AvgIpc) is 4.09. The fourth-order valence-corrected chi connectivity index (χ4v) is 8.70. The number of hydrogen-bond donors (Lipinski definition) is 2. The highest BCUT2D eigenvalue weighted by atomic mass is 16.5. The molecule has 0 saturated carbocycles. The van der Waals surface area contributed by atoms with Gasteiger partial charge in [0.15, 0.2) is 0 Å². The Morgan fingerprint density at radius 1 is 0.536 bits per heavy atom. The van der Waals surface area contributed by atoms with Crippen LogP contribution in [0.2, 0.25) is 0 Å². The van der Waals surface area contributed by atoms with E-state index in [1.165, 1.54) is 7.11 Å². The summed E-state index contributed by atoms with van der Waals surface area (Å²) in [4.78, 5) is 32.6. The number of carbonyl (C=O) groups excluding carboxylic acids is 1. The van der Waals surface area contributed by atoms with Gasteiger partial charge in [0, 0.05) is 44.3 Å². The second-order valence-electron chi connectivity index (χ2n) is 14.4. The van der Waals surface area contributed by atoms with Crippen molar-refractivity contribution in [2.24, 2.45) is 5.92 Å². The normalized spacial score (nSPS) is 14.8. The first kappa shape index (κ1) is 33.5. The van der Waals surface area contributed by atoms with Crippen LogP contribution in [0.15, 0.2) is 146 Å². The summed E-state index contributed by atoms with van der Waals surface area (Å²) >= 11 is 0. The van der Waals surface area contributed by atoms with Crippen LogP contribution in [-0.4, -0.2) is 33.0 Å². The minimum atomic E-state index is -0.456. The second-order valence-corrected chi connectivity index (χ2v) is 14.4. The molecule has 8 bridgehead atoms. The standard InChI is InChI=1S/C50H38N4O2/c1-56-50(55)36-24-14-23-35-47(36)49-46(34-21-12-5-13-22-34)42-30-28-40(53-42)44(32-17-8-3-9-18-32)38-26-25-37(51-38)43(31-15-6-2-7-16-31)39-27-29-41(52-39)45(48(35)54-49)33-19-10-4-11-20-33/h2-13,15-22,25-30,36,52-53H,14,23-24H2,1H3/t36-/m1/s1. The Morgan fingerprint density at radius 2 is 0.946 bits per heavy atom. The number of fused-ring (bicyclic) bond motifs is 10. The summed E-state index contributed by atoms with van der Waals surface area (Å²) in [7, 11) is 1.49. The molecule has 3 aromatic heterocycles. The average molecular weight is 727 g/mol. The van der Waals surface area contributed by atoms with Crippen molar-refractivity contribution in [1.82, 2.24) is 19.9 Å². The number of benzene rings is 4. The van der Waals surface area contributed by atoms with Crippen molar-refractivity contribution in [3.8, 4) is 44.5 Å². The van der Waals surface area contributed by atoms with Crippen LogP contribution in [0.5, 0.6) is 0 Å². The maximum Gasteiger partial charge on any atom is 0.313 e. The van der Waals surface area contributed by atoms with Crippen LogP contribution in [0.4, 0.5) is 0 Å². The highest BCUT2D eigenvalue weighted by Crippen LogP contribution is 2.50. The van der Waals surface area contributed by atoms with Gasteiger partial charge in [-0.25, -0.2) is 9.97 Å². The number of aromatic amines is 2. The molecular weight excluding hydrogens is 689 g/mol. The Bertz CT molecular complexity index is 2870. The van der Waals surface area contributed by atoms with Crippen molar-refractivity contribution in [2.45, 2.75) is 19.3 Å². The van der Waals surface area contributed by atoms with Gasteiger partial charge < -0.3 is 14.7 Å². The molecule has 0 saturated heterocycles. The van der Waals surface area contributed by atoms with E-state index in [9.17, 15) is 4.79 Å². The van der Waals surface area contributed by atoms with Gasteiger partial charge in [-0.3, -0.25) is 4.79 Å². The predicted molar refractivity (Wildman–Crippen MR) is 228 cm³/mol. The van der Waals surface area contributed by atoms with E-state index in [0.29, 0.717) is 6.42 Å². The number of rotatable bonds is 5. The number of aromatic nitrogens is 4. The van der Waals surface area contributed by atoms with E-state index in [1.807, 2.05) is 24.3 Å². The zero-order valence-electron chi connectivity index (χ0n) is 30.9. The highest BCUT2D eigenvalue weighted by molar-refractivity contribution is 6.09. The summed E-state index contributed by atoms with van der Waals surface area (Å²) in [5, 5.41) is 0. The fourth-order valence-electron chi connectivity index (χ4n) is 8.70. The zero-order valence-corrected chi connectivity index (χ0v) is 30.9. The molecule has 270 valence electrons. The van der Waals surface area contributed by atoms with Crippen LogP contribution in [0, 0.1) is 5.92 Å². The van der Waals surface area contributed by atoms with E-state index >= 15 is 0 Å². The molecular formula is C50H38N4O2. The Labute approximate surface area is 324 Å². The largest absolute Gasteiger partial charge is 0.469 e. The number of methoxy groups -OCH3 is 1. The third kappa shape index (κ3) is 5.69. The lowest BCUT2D eigenvalue weighted by Gasteiger charge is -2.24. The van der Waals surface area contributed by atoms with Crippen molar-refractivity contribution in [2.75, 3.05) is 7.11 Å². The maximum absolute atomic E-state index is 13.8. The Balaban J connectivity index is 1.45. The summed E-state index contributed by atoms with van der Waals surface area (Å²) in [5.41, 5.74) is 17.2. The quantitative estimate of drug-likeness (QED) is 0.173. The number of H-pyrrole nitrogens is 2. The summed E-state index contributed by atoms with van der Waals surface area (Å²) in [5.74, 6) is -0.692. The lowest BCUT2D eigenvalue weighted by Crippen LogP contribution is -2.20. The predicted octanol–water partition coefficient (Wildman–Crippen LogP) is 12.0. The third-order valence-corrected chi connectivity index (χ3v) is 11.2. The first-order valence-corrected chi connectivity index (χ1v) is 19.2. The van der Waals surface area contributed by atoms with Gasteiger partial charge in [-0.05, 0) is 89.1 Å². The van der Waals surface area contributed by atoms with Gasteiger partial charge in [0.2, 0.25) is 0 Å². The van der Waals surface area contributed by atoms with Crippen molar-refractivity contribution in [3.63, 3.8) is 0 Å². The van der Waals surface area contributed by atoms with E-state index in [-0.39, 0.29) is 5.97 Å². The molecule has 3 aliphatic rings. The molecule has 4 aromatic carbocycles. The van der Waals surface area contributed by atoms with Gasteiger partial charge in [-0.1, -0.05) is 121 Å². The molecule has 0 spiro atoms. The van der Waals surface area contributed by atoms with E-state index in [4.69, 9.17) is 14.7 Å². The van der Waals surface area contributed by atoms with Crippen molar-refractivity contribution in [3.05, 3.63) is 168 Å². The SMILES string of the molecule is COC(=O)[C@@H]1CCCC2=C1c1nc2c(-c2ccccc2)c2ccc([nH]2)c(-c2ccccc2)c2nc(c(-c3ccccc3)c3ccc([nH]3)c1-c1ccccc1)C=C2. The topological polar surface area (TPSA) is 83.7 Å². The molecule has 0 amide bonds. The number of nitrogens with zero attached hydrogens (tertiary/aromatic N) is 2. The lowest BCUT2D eigenvalue weighted by molar-refractivity contribution is -0.143. The molecule has 5 heterocycles. The molecule has 56 heavy (non-hydrogen) atoms. The zero-order chi connectivity index (χ0) is 37.6. The number of hydrogen-bond acceptors (Lipinski definition) is 4. The summed E-state index contributed by atoms with van der Waals surface area (Å²) < 4.78 is 5.51. The first-order valence-electron chi connectivity index (χ1n) is 19.2. The van der Waals surface area contributed by atoms with E-state index < -0.39 is 5.92 Å². The molecule has 1 aliphatic carbocycles. The fraction of sp³-hybridized carbons (Fsp3) is 0.100. The van der Waals surface area contributed by atoms with Gasteiger partial charge in [0.1, 0.15) is 0 Å². The Morgan fingerprint density at radius 3 is 1.39 bits per heavy atom. The Hall–Kier alpha value is -7.05. The molecule has 10 rings (SSSR count). The smallest absolute Gasteiger partial charge is 0.313 e. The number of esters is 1. The van der Waals surface area contributed by atoms with Gasteiger partial charge in [0.05, 0.1) is 35.8 Å². The molecule has 0 fully saturated rings. The van der Waals surface area contributed by atoms with Crippen molar-refractivity contribution in [1.29, 1.82) is 0 Å². The number of nitrogens with one attached hydrogen (secondary N) is 2. The van der Waals surface area contributed by atoms with Crippen LogP contribution in [0.1, 0.15) is 42.0 Å². The summed E-state index contributed by atoms with van der Waals surface area (Å²) in [6.07, 6.45) is 6.58. The summed E-state index contributed by atoms with van der Waals surface area (Å²) in [6, 6.07) is 50.3. The molecule has 6 heteroatoms. The van der Waals surface area contributed by atoms with E-state index in [0.717, 1.165) is 113 Å². The highest BCUT2D eigenvalue weighted by Gasteiger charge is 2.38. The number of ether oxygens (including phenoxy) is 1. The third-order valence-electron chi connectivity index (χ3n) is 11.2. The van der Waals surface area contributed by atoms with Gasteiger partial charge in [-0.2, -0.15) is 0 Å². The Kier molecular flexibility index (Phi) is 8.37. The van der Waals surface area contributed by atoms with Crippen molar-refractivity contribution >= 4 is 51.3 Å².